The molecule has 16 heavy (non-hydrogen) atoms. The van der Waals surface area contributed by atoms with Crippen LogP contribution in [0.3, 0.4) is 0 Å². The molecule has 0 aromatic heterocycles. The molecule has 1 heterocycles. The quantitative estimate of drug-likeness (QED) is 0.568. The third-order valence-electron chi connectivity index (χ3n) is 2.93. The van der Waals surface area contributed by atoms with Gasteiger partial charge >= 0.3 is 0 Å². The average Bonchev–Trinajstić information content (AvgIpc) is 2.53. The number of allylic oxidation sites excluding steroid dienone is 2. The Morgan fingerprint density at radius 3 is 3.00 bits per heavy atom. The third-order valence-corrected chi connectivity index (χ3v) is 2.93. The normalized spacial score (nSPS) is 31.7. The maximum atomic E-state index is 11.8. The summed E-state index contributed by atoms with van der Waals surface area (Å²) < 4.78 is 5.65. The first-order valence-corrected chi connectivity index (χ1v) is 5.56. The number of nitrogens with one attached hydrogen (secondary N) is 1. The molecule has 2 aliphatic rings. The Hall–Kier alpha value is -1.42. The van der Waals surface area contributed by atoms with Crippen molar-refractivity contribution in [2.24, 2.45) is 5.92 Å². The number of amides is 2. The Balaban J connectivity index is 2.20. The van der Waals surface area contributed by atoms with Crippen molar-refractivity contribution in [3.05, 3.63) is 24.3 Å². The number of hydrogen-bond acceptors (Lipinski definition) is 3. The molecule has 1 saturated heterocycles. The van der Waals surface area contributed by atoms with Gasteiger partial charge in [0.25, 0.3) is 5.91 Å². The van der Waals surface area contributed by atoms with E-state index in [1.54, 1.807) is 24.3 Å². The van der Waals surface area contributed by atoms with Gasteiger partial charge in [-0.15, -0.1) is 0 Å². The molecule has 0 aromatic carbocycles. The van der Waals surface area contributed by atoms with E-state index < -0.39 is 11.5 Å². The molecule has 86 valence electrons. The predicted molar refractivity (Wildman–Crippen MR) is 58.5 cm³/mol. The lowest BCUT2D eigenvalue weighted by Gasteiger charge is -2.28. The Kier molecular flexibility index (Phi) is 2.92. The highest BCUT2D eigenvalue weighted by molar-refractivity contribution is 6.11. The van der Waals surface area contributed by atoms with Crippen molar-refractivity contribution in [1.82, 2.24) is 5.32 Å². The number of rotatable bonds is 4. The van der Waals surface area contributed by atoms with Gasteiger partial charge in [-0.05, 0) is 12.5 Å². The van der Waals surface area contributed by atoms with E-state index in [1.807, 2.05) is 0 Å². The van der Waals surface area contributed by atoms with E-state index in [1.165, 1.54) is 0 Å². The maximum absolute atomic E-state index is 11.8. The van der Waals surface area contributed by atoms with Gasteiger partial charge in [-0.25, -0.2) is 0 Å². The Morgan fingerprint density at radius 1 is 1.44 bits per heavy atom. The fourth-order valence-electron chi connectivity index (χ4n) is 2.00. The first-order valence-electron chi connectivity index (χ1n) is 5.56. The number of ether oxygens (including phenoxy) is 1. The monoisotopic (exact) mass is 221 g/mol. The van der Waals surface area contributed by atoms with E-state index in [2.05, 4.69) is 12.2 Å². The lowest BCUT2D eigenvalue weighted by atomic mass is 9.86. The molecule has 2 unspecified atom stereocenters. The minimum atomic E-state index is -1.10. The van der Waals surface area contributed by atoms with Crippen LogP contribution in [0.1, 0.15) is 19.8 Å². The molecule has 0 aromatic rings. The summed E-state index contributed by atoms with van der Waals surface area (Å²) in [6.07, 6.45) is 8.79. The van der Waals surface area contributed by atoms with Gasteiger partial charge in [0.2, 0.25) is 5.91 Å². The van der Waals surface area contributed by atoms with Gasteiger partial charge in [-0.1, -0.05) is 31.6 Å². The summed E-state index contributed by atoms with van der Waals surface area (Å²) in [5.41, 5.74) is -1.10. The van der Waals surface area contributed by atoms with E-state index >= 15 is 0 Å². The van der Waals surface area contributed by atoms with Gasteiger partial charge in [-0.3, -0.25) is 14.9 Å². The standard InChI is InChI=1S/C12H15NO3/c1-2-3-8-16-12-7-5-4-6-9(12)10(14)13-11(12)15/h4-7,9H,2-3,8H2,1H3,(H,13,14,15). The van der Waals surface area contributed by atoms with Crippen LogP contribution < -0.4 is 5.32 Å². The van der Waals surface area contributed by atoms with Crippen molar-refractivity contribution in [1.29, 1.82) is 0 Å². The molecule has 0 bridgehead atoms. The lowest BCUT2D eigenvalue weighted by Crippen LogP contribution is -2.44. The zero-order valence-corrected chi connectivity index (χ0v) is 9.23. The van der Waals surface area contributed by atoms with E-state index in [4.69, 9.17) is 4.74 Å². The van der Waals surface area contributed by atoms with E-state index in [0.717, 1.165) is 12.8 Å². The zero-order chi connectivity index (χ0) is 11.6. The second-order valence-corrected chi connectivity index (χ2v) is 4.04. The number of hydrogen-bond donors (Lipinski definition) is 1. The number of imide groups is 1. The number of unbranched alkanes of at least 4 members (excludes halogenated alkanes) is 1. The molecule has 2 rings (SSSR count). The Bertz CT molecular complexity index is 372. The molecular weight excluding hydrogens is 206 g/mol. The average molecular weight is 221 g/mol. The fraction of sp³-hybridized carbons (Fsp3) is 0.500. The SMILES string of the molecule is CCCCOC12C=CC=CC1C(=O)NC2=O. The summed E-state index contributed by atoms with van der Waals surface area (Å²) in [5, 5.41) is 2.32. The topological polar surface area (TPSA) is 55.4 Å². The highest BCUT2D eigenvalue weighted by atomic mass is 16.5. The maximum Gasteiger partial charge on any atom is 0.264 e. The predicted octanol–water partition coefficient (Wildman–Crippen LogP) is 0.940. The molecule has 0 radical (unpaired) electrons. The van der Waals surface area contributed by atoms with Gasteiger partial charge < -0.3 is 4.74 Å². The van der Waals surface area contributed by atoms with Crippen molar-refractivity contribution >= 4 is 11.8 Å². The highest BCUT2D eigenvalue weighted by Crippen LogP contribution is 2.33. The van der Waals surface area contributed by atoms with Crippen LogP contribution in [0.5, 0.6) is 0 Å². The van der Waals surface area contributed by atoms with Crippen LogP contribution in [-0.2, 0) is 14.3 Å². The van der Waals surface area contributed by atoms with Crippen LogP contribution >= 0.6 is 0 Å². The van der Waals surface area contributed by atoms with Crippen molar-refractivity contribution in [2.75, 3.05) is 6.61 Å². The molecule has 4 heteroatoms. The van der Waals surface area contributed by atoms with Crippen LogP contribution in [0, 0.1) is 5.92 Å². The van der Waals surface area contributed by atoms with E-state index in [-0.39, 0.29) is 11.8 Å². The summed E-state index contributed by atoms with van der Waals surface area (Å²) in [6, 6.07) is 0. The molecule has 4 nitrogen and oxygen atoms in total. The highest BCUT2D eigenvalue weighted by Gasteiger charge is 2.54. The Labute approximate surface area is 94.3 Å². The van der Waals surface area contributed by atoms with E-state index in [9.17, 15) is 9.59 Å². The van der Waals surface area contributed by atoms with Crippen molar-refractivity contribution in [2.45, 2.75) is 25.4 Å². The molecule has 2 atom stereocenters. The lowest BCUT2D eigenvalue weighted by molar-refractivity contribution is -0.138. The van der Waals surface area contributed by atoms with Gasteiger partial charge in [0.15, 0.2) is 5.60 Å². The Morgan fingerprint density at radius 2 is 2.25 bits per heavy atom. The van der Waals surface area contributed by atoms with Gasteiger partial charge in [0.05, 0.1) is 5.92 Å². The molecule has 0 spiro atoms. The second kappa shape index (κ2) is 4.22. The third kappa shape index (κ3) is 1.59. The fourth-order valence-corrected chi connectivity index (χ4v) is 2.00. The minimum absolute atomic E-state index is 0.276. The summed E-state index contributed by atoms with van der Waals surface area (Å²) in [7, 11) is 0. The molecule has 0 saturated carbocycles. The summed E-state index contributed by atoms with van der Waals surface area (Å²) in [4.78, 5) is 23.4. The van der Waals surface area contributed by atoms with Crippen LogP contribution in [0.2, 0.25) is 0 Å². The van der Waals surface area contributed by atoms with Gasteiger partial charge in [-0.2, -0.15) is 0 Å². The first-order chi connectivity index (χ1) is 7.70. The van der Waals surface area contributed by atoms with Crippen LogP contribution in [0.25, 0.3) is 0 Å². The smallest absolute Gasteiger partial charge is 0.264 e. The molecule has 2 amide bonds. The van der Waals surface area contributed by atoms with Crippen LogP contribution in [-0.4, -0.2) is 24.0 Å². The largest absolute Gasteiger partial charge is 0.360 e. The van der Waals surface area contributed by atoms with Crippen LogP contribution in [0.15, 0.2) is 24.3 Å². The summed E-state index contributed by atoms with van der Waals surface area (Å²) in [5.74, 6) is -1.14. The van der Waals surface area contributed by atoms with Gasteiger partial charge in [0, 0.05) is 6.61 Å². The molecular formula is C12H15NO3. The van der Waals surface area contributed by atoms with Crippen molar-refractivity contribution in [3.8, 4) is 0 Å². The number of fused-ring (bicyclic) bond motifs is 1. The summed E-state index contributed by atoms with van der Waals surface area (Å²) in [6.45, 7) is 2.54. The molecule has 1 fully saturated rings. The van der Waals surface area contributed by atoms with Crippen LogP contribution in [0.4, 0.5) is 0 Å². The molecule has 1 N–H and O–H groups in total. The van der Waals surface area contributed by atoms with E-state index in [0.29, 0.717) is 6.61 Å². The minimum Gasteiger partial charge on any atom is -0.360 e. The van der Waals surface area contributed by atoms with Gasteiger partial charge in [0.1, 0.15) is 0 Å². The zero-order valence-electron chi connectivity index (χ0n) is 9.23. The second-order valence-electron chi connectivity index (χ2n) is 4.04. The van der Waals surface area contributed by atoms with Crippen molar-refractivity contribution in [3.63, 3.8) is 0 Å². The first kappa shape index (κ1) is 11.1. The molecule has 1 aliphatic carbocycles. The summed E-state index contributed by atoms with van der Waals surface area (Å²) >= 11 is 0. The molecule has 1 aliphatic heterocycles. The number of carbonyl (C=O) groups excluding carboxylic acids is 2. The van der Waals surface area contributed by atoms with Crippen molar-refractivity contribution < 1.29 is 14.3 Å². The number of carbonyl (C=O) groups is 2.